The van der Waals surface area contributed by atoms with Gasteiger partial charge < -0.3 is 20.5 Å². The van der Waals surface area contributed by atoms with Crippen molar-refractivity contribution in [2.24, 2.45) is 0 Å². The lowest BCUT2D eigenvalue weighted by Crippen LogP contribution is -2.23. The lowest BCUT2D eigenvalue weighted by molar-refractivity contribution is 0.105. The van der Waals surface area contributed by atoms with Crippen molar-refractivity contribution in [3.63, 3.8) is 0 Å². The second-order valence-electron chi connectivity index (χ2n) is 4.10. The van der Waals surface area contributed by atoms with E-state index >= 15 is 0 Å². The van der Waals surface area contributed by atoms with Gasteiger partial charge in [0.25, 0.3) is 5.56 Å². The average molecular weight is 249 g/mol. The number of rotatable bonds is 4. The maximum Gasteiger partial charge on any atom is 0.258 e. The van der Waals surface area contributed by atoms with Gasteiger partial charge in [-0.15, -0.1) is 0 Å². The lowest BCUT2D eigenvalue weighted by atomic mass is 10.1. The van der Waals surface area contributed by atoms with Gasteiger partial charge in [-0.1, -0.05) is 6.07 Å². The molecule has 6 heteroatoms. The molecule has 0 radical (unpaired) electrons. The number of hydrogen-bond acceptors (Lipinski definition) is 5. The number of hydrogen-bond donors (Lipinski definition) is 4. The highest BCUT2D eigenvalue weighted by Crippen LogP contribution is 2.22. The third-order valence-electron chi connectivity index (χ3n) is 2.75. The van der Waals surface area contributed by atoms with Crippen LogP contribution in [0, 0.1) is 6.92 Å². The van der Waals surface area contributed by atoms with Gasteiger partial charge in [0.05, 0.1) is 30.1 Å². The van der Waals surface area contributed by atoms with Crippen LogP contribution in [0.25, 0.3) is 10.9 Å². The summed E-state index contributed by atoms with van der Waals surface area (Å²) in [5.41, 5.74) is 1.98. The predicted octanol–water partition coefficient (Wildman–Crippen LogP) is -0.00338. The van der Waals surface area contributed by atoms with Crippen LogP contribution >= 0.6 is 0 Å². The molecule has 0 fully saturated rings. The molecule has 1 aromatic heterocycles. The molecule has 0 bridgehead atoms. The van der Waals surface area contributed by atoms with Gasteiger partial charge in [0, 0.05) is 6.54 Å². The van der Waals surface area contributed by atoms with Gasteiger partial charge in [-0.25, -0.2) is 4.98 Å². The Labute approximate surface area is 103 Å². The number of nitrogens with zero attached hydrogens (tertiary/aromatic N) is 1. The molecule has 1 aromatic carbocycles. The second kappa shape index (κ2) is 5.16. The fourth-order valence-electron chi connectivity index (χ4n) is 1.75. The van der Waals surface area contributed by atoms with E-state index in [1.807, 2.05) is 13.0 Å². The molecule has 0 aliphatic rings. The number of aromatic amines is 1. The number of benzene rings is 1. The van der Waals surface area contributed by atoms with Crippen molar-refractivity contribution in [1.82, 2.24) is 9.97 Å². The summed E-state index contributed by atoms with van der Waals surface area (Å²) >= 11 is 0. The Kier molecular flexibility index (Phi) is 3.59. The molecule has 1 heterocycles. The molecule has 2 rings (SSSR count). The summed E-state index contributed by atoms with van der Waals surface area (Å²) in [6.45, 7) is 1.77. The third kappa shape index (κ3) is 2.34. The van der Waals surface area contributed by atoms with Gasteiger partial charge in [-0.2, -0.15) is 0 Å². The minimum absolute atomic E-state index is 0.199. The van der Waals surface area contributed by atoms with E-state index in [4.69, 9.17) is 5.11 Å². The smallest absolute Gasteiger partial charge is 0.258 e. The van der Waals surface area contributed by atoms with E-state index in [1.165, 1.54) is 6.33 Å². The van der Waals surface area contributed by atoms with Crippen molar-refractivity contribution in [2.75, 3.05) is 18.5 Å². The van der Waals surface area contributed by atoms with Crippen LogP contribution in [0.2, 0.25) is 0 Å². The van der Waals surface area contributed by atoms with Crippen LogP contribution in [0.4, 0.5) is 5.69 Å². The lowest BCUT2D eigenvalue weighted by Gasteiger charge is -2.14. The summed E-state index contributed by atoms with van der Waals surface area (Å²) in [6, 6.07) is 3.52. The summed E-state index contributed by atoms with van der Waals surface area (Å²) < 4.78 is 0. The zero-order valence-electron chi connectivity index (χ0n) is 9.97. The Morgan fingerprint density at radius 3 is 3.00 bits per heavy atom. The Morgan fingerprint density at radius 2 is 2.28 bits per heavy atom. The maximum atomic E-state index is 11.6. The van der Waals surface area contributed by atoms with Crippen LogP contribution in [-0.4, -0.2) is 39.4 Å². The standard InChI is InChI=1S/C12H15N3O3/c1-7-2-3-9-11(14-6-15-12(9)18)10(7)13-4-8(17)5-16/h2-3,6,8,13,16-17H,4-5H2,1H3,(H,14,15,18). The van der Waals surface area contributed by atoms with Crippen LogP contribution in [0.5, 0.6) is 0 Å². The molecule has 96 valence electrons. The largest absolute Gasteiger partial charge is 0.394 e. The van der Waals surface area contributed by atoms with E-state index in [1.54, 1.807) is 6.07 Å². The fraction of sp³-hybridized carbons (Fsp3) is 0.333. The van der Waals surface area contributed by atoms with Crippen molar-refractivity contribution < 1.29 is 10.2 Å². The average Bonchev–Trinajstić information content (AvgIpc) is 2.37. The van der Waals surface area contributed by atoms with Gasteiger partial charge in [0.2, 0.25) is 0 Å². The molecule has 0 saturated heterocycles. The monoisotopic (exact) mass is 249 g/mol. The number of nitrogens with one attached hydrogen (secondary N) is 2. The van der Waals surface area contributed by atoms with Crippen LogP contribution < -0.4 is 10.9 Å². The molecular weight excluding hydrogens is 234 g/mol. The highest BCUT2D eigenvalue weighted by Gasteiger charge is 2.09. The van der Waals surface area contributed by atoms with Gasteiger partial charge in [0.15, 0.2) is 0 Å². The van der Waals surface area contributed by atoms with Crippen LogP contribution in [0.1, 0.15) is 5.56 Å². The molecule has 2 aromatic rings. The van der Waals surface area contributed by atoms with Crippen molar-refractivity contribution in [3.8, 4) is 0 Å². The SMILES string of the molecule is Cc1ccc2c(=O)[nH]cnc2c1NCC(O)CO. The van der Waals surface area contributed by atoms with Crippen molar-refractivity contribution in [2.45, 2.75) is 13.0 Å². The summed E-state index contributed by atoms with van der Waals surface area (Å²) in [5.74, 6) is 0. The first-order valence-electron chi connectivity index (χ1n) is 5.63. The van der Waals surface area contributed by atoms with E-state index in [9.17, 15) is 9.90 Å². The van der Waals surface area contributed by atoms with Crippen LogP contribution in [0.3, 0.4) is 0 Å². The molecule has 6 nitrogen and oxygen atoms in total. The van der Waals surface area contributed by atoms with E-state index in [-0.39, 0.29) is 18.7 Å². The maximum absolute atomic E-state index is 11.6. The third-order valence-corrected chi connectivity index (χ3v) is 2.75. The number of aliphatic hydroxyl groups excluding tert-OH is 2. The minimum atomic E-state index is -0.846. The number of aliphatic hydroxyl groups is 2. The van der Waals surface area contributed by atoms with Gasteiger partial charge in [0.1, 0.15) is 5.52 Å². The predicted molar refractivity (Wildman–Crippen MR) is 68.7 cm³/mol. The normalized spacial score (nSPS) is 12.6. The molecule has 0 saturated carbocycles. The number of fused-ring (bicyclic) bond motifs is 1. The van der Waals surface area contributed by atoms with E-state index in [2.05, 4.69) is 15.3 Å². The molecule has 18 heavy (non-hydrogen) atoms. The van der Waals surface area contributed by atoms with E-state index < -0.39 is 6.10 Å². The molecular formula is C12H15N3O3. The summed E-state index contributed by atoms with van der Waals surface area (Å²) in [5, 5.41) is 21.6. The number of aromatic nitrogens is 2. The van der Waals surface area contributed by atoms with Crippen molar-refractivity contribution in [3.05, 3.63) is 34.4 Å². The van der Waals surface area contributed by atoms with Gasteiger partial charge in [-0.05, 0) is 18.6 Å². The Balaban J connectivity index is 2.45. The van der Waals surface area contributed by atoms with E-state index in [0.29, 0.717) is 16.6 Å². The molecule has 4 N–H and O–H groups in total. The highest BCUT2D eigenvalue weighted by molar-refractivity contribution is 5.91. The molecule has 0 spiro atoms. The quantitative estimate of drug-likeness (QED) is 0.611. The summed E-state index contributed by atoms with van der Waals surface area (Å²) in [7, 11) is 0. The van der Waals surface area contributed by atoms with E-state index in [0.717, 1.165) is 5.56 Å². The van der Waals surface area contributed by atoms with Crippen LogP contribution in [-0.2, 0) is 0 Å². The van der Waals surface area contributed by atoms with Crippen LogP contribution in [0.15, 0.2) is 23.3 Å². The second-order valence-corrected chi connectivity index (χ2v) is 4.10. The minimum Gasteiger partial charge on any atom is -0.394 e. The number of aryl methyl sites for hydroxylation is 1. The highest BCUT2D eigenvalue weighted by atomic mass is 16.3. The molecule has 1 atom stereocenters. The van der Waals surface area contributed by atoms with Crippen molar-refractivity contribution >= 4 is 16.6 Å². The van der Waals surface area contributed by atoms with Gasteiger partial charge in [-0.3, -0.25) is 4.79 Å². The first-order valence-corrected chi connectivity index (χ1v) is 5.63. The zero-order valence-corrected chi connectivity index (χ0v) is 9.97. The molecule has 0 amide bonds. The first kappa shape index (κ1) is 12.5. The molecule has 0 aliphatic carbocycles. The zero-order chi connectivity index (χ0) is 13.1. The first-order chi connectivity index (χ1) is 8.63. The fourth-order valence-corrected chi connectivity index (χ4v) is 1.75. The number of H-pyrrole nitrogens is 1. The van der Waals surface area contributed by atoms with Gasteiger partial charge >= 0.3 is 0 Å². The molecule has 0 aliphatic heterocycles. The topological polar surface area (TPSA) is 98.2 Å². The Morgan fingerprint density at radius 1 is 1.50 bits per heavy atom. The Hall–Kier alpha value is -1.92. The molecule has 1 unspecified atom stereocenters. The summed E-state index contributed by atoms with van der Waals surface area (Å²) in [4.78, 5) is 18.3. The number of anilines is 1. The van der Waals surface area contributed by atoms with Crippen molar-refractivity contribution in [1.29, 1.82) is 0 Å². The Bertz CT molecular complexity index is 609. The summed E-state index contributed by atoms with van der Waals surface area (Å²) in [6.07, 6.45) is 0.499.